The number of aromatic nitrogens is 1. The van der Waals surface area contributed by atoms with Crippen molar-refractivity contribution in [2.24, 2.45) is 0 Å². The molecule has 3 nitrogen and oxygen atoms in total. The minimum absolute atomic E-state index is 0.00602. The maximum Gasteiger partial charge on any atom is 0.254 e. The average Bonchev–Trinajstić information content (AvgIpc) is 2.36. The van der Waals surface area contributed by atoms with Crippen LogP contribution in [0.3, 0.4) is 0 Å². The third kappa shape index (κ3) is 3.93. The molecular formula is C15H23ClN2O. The number of rotatable bonds is 5. The van der Waals surface area contributed by atoms with Crippen LogP contribution >= 0.6 is 11.6 Å². The van der Waals surface area contributed by atoms with E-state index in [0.29, 0.717) is 10.7 Å². The molecule has 0 saturated heterocycles. The molecule has 1 aromatic rings. The van der Waals surface area contributed by atoms with Crippen molar-refractivity contribution in [1.82, 2.24) is 9.88 Å². The Morgan fingerprint density at radius 3 is 2.53 bits per heavy atom. The number of amides is 1. The molecule has 1 rings (SSSR count). The van der Waals surface area contributed by atoms with Gasteiger partial charge in [-0.25, -0.2) is 4.98 Å². The molecule has 1 heterocycles. The van der Waals surface area contributed by atoms with Crippen molar-refractivity contribution in [3.8, 4) is 0 Å². The van der Waals surface area contributed by atoms with Crippen molar-refractivity contribution in [3.05, 3.63) is 28.5 Å². The van der Waals surface area contributed by atoms with Gasteiger partial charge in [0.15, 0.2) is 0 Å². The maximum atomic E-state index is 12.5. The van der Waals surface area contributed by atoms with Crippen LogP contribution in [-0.2, 0) is 6.42 Å². The Balaban J connectivity index is 3.05. The molecule has 1 amide bonds. The number of aryl methyl sites for hydroxylation is 1. The van der Waals surface area contributed by atoms with Crippen molar-refractivity contribution in [2.45, 2.75) is 52.5 Å². The standard InChI is InChI=1S/C15H23ClN2O/c1-6-8-12-9-11(10-13(16)17-12)14(19)18(5)15(3,4)7-2/h9-10H,6-8H2,1-5H3. The normalized spacial score (nSPS) is 11.5. The Morgan fingerprint density at radius 2 is 2.00 bits per heavy atom. The first-order chi connectivity index (χ1) is 8.81. The molecular weight excluding hydrogens is 260 g/mol. The topological polar surface area (TPSA) is 33.2 Å². The first-order valence-corrected chi connectivity index (χ1v) is 7.14. The van der Waals surface area contributed by atoms with Crippen LogP contribution in [0.5, 0.6) is 0 Å². The molecule has 106 valence electrons. The van der Waals surface area contributed by atoms with Crippen LogP contribution in [-0.4, -0.2) is 28.4 Å². The molecule has 0 N–H and O–H groups in total. The molecule has 0 fully saturated rings. The lowest BCUT2D eigenvalue weighted by Crippen LogP contribution is -2.44. The van der Waals surface area contributed by atoms with Gasteiger partial charge in [-0.3, -0.25) is 4.79 Å². The molecule has 0 saturated carbocycles. The molecule has 1 aromatic heterocycles. The van der Waals surface area contributed by atoms with Crippen molar-refractivity contribution in [1.29, 1.82) is 0 Å². The lowest BCUT2D eigenvalue weighted by molar-refractivity contribution is 0.0620. The predicted octanol–water partition coefficient (Wildman–Crippen LogP) is 3.95. The molecule has 4 heteroatoms. The Labute approximate surface area is 121 Å². The molecule has 0 aliphatic heterocycles. The Bertz CT molecular complexity index is 457. The molecule has 0 aliphatic carbocycles. The summed E-state index contributed by atoms with van der Waals surface area (Å²) in [5.41, 5.74) is 1.33. The number of hydrogen-bond acceptors (Lipinski definition) is 2. The summed E-state index contributed by atoms with van der Waals surface area (Å²) >= 11 is 6.00. The molecule has 0 aromatic carbocycles. The van der Waals surface area contributed by atoms with Crippen LogP contribution in [0.15, 0.2) is 12.1 Å². The smallest absolute Gasteiger partial charge is 0.254 e. The number of hydrogen-bond donors (Lipinski definition) is 0. The van der Waals surface area contributed by atoms with Gasteiger partial charge in [-0.05, 0) is 38.8 Å². The number of carbonyl (C=O) groups is 1. The highest BCUT2D eigenvalue weighted by atomic mass is 35.5. The van der Waals surface area contributed by atoms with Gasteiger partial charge < -0.3 is 4.90 Å². The molecule has 19 heavy (non-hydrogen) atoms. The highest BCUT2D eigenvalue weighted by Crippen LogP contribution is 2.21. The number of nitrogens with zero attached hydrogens (tertiary/aromatic N) is 2. The second-order valence-corrected chi connectivity index (χ2v) is 5.84. The van der Waals surface area contributed by atoms with E-state index in [1.165, 1.54) is 0 Å². The van der Waals surface area contributed by atoms with Gasteiger partial charge in [0.05, 0.1) is 0 Å². The van der Waals surface area contributed by atoms with E-state index in [-0.39, 0.29) is 11.4 Å². The van der Waals surface area contributed by atoms with Gasteiger partial charge in [0.25, 0.3) is 5.91 Å². The minimum Gasteiger partial charge on any atom is -0.337 e. The Kier molecular flexibility index (Phi) is 5.36. The zero-order valence-electron chi connectivity index (χ0n) is 12.5. The largest absolute Gasteiger partial charge is 0.337 e. The van der Waals surface area contributed by atoms with Crippen molar-refractivity contribution in [3.63, 3.8) is 0 Å². The number of halogens is 1. The highest BCUT2D eigenvalue weighted by molar-refractivity contribution is 6.29. The summed E-state index contributed by atoms with van der Waals surface area (Å²) in [4.78, 5) is 18.5. The first-order valence-electron chi connectivity index (χ1n) is 6.76. The minimum atomic E-state index is -0.169. The van der Waals surface area contributed by atoms with E-state index in [0.717, 1.165) is 25.0 Å². The summed E-state index contributed by atoms with van der Waals surface area (Å²) in [6.07, 6.45) is 2.72. The zero-order chi connectivity index (χ0) is 14.6. The summed E-state index contributed by atoms with van der Waals surface area (Å²) < 4.78 is 0. The summed E-state index contributed by atoms with van der Waals surface area (Å²) in [6, 6.07) is 3.49. The maximum absolute atomic E-state index is 12.5. The fraction of sp³-hybridized carbons (Fsp3) is 0.600. The van der Waals surface area contributed by atoms with Crippen LogP contribution < -0.4 is 0 Å². The Morgan fingerprint density at radius 1 is 1.37 bits per heavy atom. The van der Waals surface area contributed by atoms with Gasteiger partial charge in [0.1, 0.15) is 5.15 Å². The Hall–Kier alpha value is -1.09. The van der Waals surface area contributed by atoms with E-state index in [9.17, 15) is 4.79 Å². The second kappa shape index (κ2) is 6.38. The van der Waals surface area contributed by atoms with Gasteiger partial charge in [-0.2, -0.15) is 0 Å². The molecule has 0 aliphatic rings. The third-order valence-corrected chi connectivity index (χ3v) is 3.87. The molecule has 0 unspecified atom stereocenters. The van der Waals surface area contributed by atoms with E-state index >= 15 is 0 Å². The van der Waals surface area contributed by atoms with Crippen molar-refractivity contribution < 1.29 is 4.79 Å². The predicted molar refractivity (Wildman–Crippen MR) is 79.7 cm³/mol. The van der Waals surface area contributed by atoms with Crippen LogP contribution in [0.25, 0.3) is 0 Å². The molecule has 0 spiro atoms. The van der Waals surface area contributed by atoms with E-state index in [2.05, 4.69) is 32.7 Å². The molecule has 0 bridgehead atoms. The van der Waals surface area contributed by atoms with E-state index in [1.54, 1.807) is 11.0 Å². The van der Waals surface area contributed by atoms with Crippen LogP contribution in [0.1, 0.15) is 56.6 Å². The molecule has 0 atom stereocenters. The van der Waals surface area contributed by atoms with Gasteiger partial charge in [0.2, 0.25) is 0 Å². The van der Waals surface area contributed by atoms with Crippen molar-refractivity contribution >= 4 is 17.5 Å². The highest BCUT2D eigenvalue weighted by Gasteiger charge is 2.26. The molecule has 0 radical (unpaired) electrons. The van der Waals surface area contributed by atoms with Gasteiger partial charge >= 0.3 is 0 Å². The summed E-state index contributed by atoms with van der Waals surface area (Å²) in [7, 11) is 1.83. The van der Waals surface area contributed by atoms with Crippen LogP contribution in [0.4, 0.5) is 0 Å². The average molecular weight is 283 g/mol. The van der Waals surface area contributed by atoms with Crippen molar-refractivity contribution in [2.75, 3.05) is 7.05 Å². The zero-order valence-corrected chi connectivity index (χ0v) is 13.2. The lowest BCUT2D eigenvalue weighted by Gasteiger charge is -2.35. The van der Waals surface area contributed by atoms with Crippen LogP contribution in [0.2, 0.25) is 5.15 Å². The first kappa shape index (κ1) is 16.0. The third-order valence-electron chi connectivity index (χ3n) is 3.68. The number of carbonyl (C=O) groups excluding carboxylic acids is 1. The van der Waals surface area contributed by atoms with E-state index < -0.39 is 0 Å². The van der Waals surface area contributed by atoms with Gasteiger partial charge in [-0.15, -0.1) is 0 Å². The SMILES string of the molecule is CCCc1cc(C(=O)N(C)C(C)(C)CC)cc(Cl)n1. The van der Waals surface area contributed by atoms with Crippen LogP contribution in [0, 0.1) is 0 Å². The fourth-order valence-corrected chi connectivity index (χ4v) is 1.99. The summed E-state index contributed by atoms with van der Waals surface area (Å²) in [6.45, 7) is 8.27. The summed E-state index contributed by atoms with van der Waals surface area (Å²) in [5, 5.41) is 0.386. The quantitative estimate of drug-likeness (QED) is 0.766. The second-order valence-electron chi connectivity index (χ2n) is 5.45. The van der Waals surface area contributed by atoms with Gasteiger partial charge in [0, 0.05) is 23.8 Å². The fourth-order valence-electron chi connectivity index (χ4n) is 1.76. The van der Waals surface area contributed by atoms with Gasteiger partial charge in [-0.1, -0.05) is 31.9 Å². The summed E-state index contributed by atoms with van der Waals surface area (Å²) in [5.74, 6) is -0.00602. The lowest BCUT2D eigenvalue weighted by atomic mass is 9.99. The monoisotopic (exact) mass is 282 g/mol. The van der Waals surface area contributed by atoms with E-state index in [1.807, 2.05) is 13.1 Å². The number of pyridine rings is 1. The van der Waals surface area contributed by atoms with E-state index in [4.69, 9.17) is 11.6 Å².